The lowest BCUT2D eigenvalue weighted by atomic mass is 10.0. The molecule has 0 aromatic heterocycles. The summed E-state index contributed by atoms with van der Waals surface area (Å²) in [7, 11) is 0. The fourth-order valence-electron chi connectivity index (χ4n) is 1.61. The summed E-state index contributed by atoms with van der Waals surface area (Å²) in [5.74, 6) is 2.68. The third-order valence-corrected chi connectivity index (χ3v) is 2.53. The largest absolute Gasteiger partial charge is 0.120 e. The minimum absolute atomic E-state index is 0.924. The first-order valence-electron chi connectivity index (χ1n) is 5.32. The van der Waals surface area contributed by atoms with E-state index < -0.39 is 0 Å². The van der Waals surface area contributed by atoms with Crippen LogP contribution in [0.5, 0.6) is 0 Å². The number of terminal acetylenes is 1. The Hall–Kier alpha value is -1.22. The van der Waals surface area contributed by atoms with Crippen LogP contribution in [0.25, 0.3) is 0 Å². The van der Waals surface area contributed by atoms with Crippen molar-refractivity contribution in [2.75, 3.05) is 0 Å². The van der Waals surface area contributed by atoms with E-state index in [9.17, 15) is 0 Å². The molecule has 0 heteroatoms. The second-order valence-electron chi connectivity index (χ2n) is 3.69. The van der Waals surface area contributed by atoms with E-state index in [1.807, 2.05) is 0 Å². The molecule has 0 aliphatic heterocycles. The second-order valence-corrected chi connectivity index (χ2v) is 3.69. The molecule has 74 valence electrons. The molecule has 0 fully saturated rings. The molecule has 0 bridgehead atoms. The van der Waals surface area contributed by atoms with Crippen molar-refractivity contribution in [1.29, 1.82) is 0 Å². The zero-order chi connectivity index (χ0) is 10.2. The third kappa shape index (κ3) is 3.66. The van der Waals surface area contributed by atoms with Crippen molar-refractivity contribution in [1.82, 2.24) is 0 Å². The monoisotopic (exact) mass is 186 g/mol. The standard InChI is InChI=1S/C14H18/c1-3-4-5-6-7-11-14-12-9-8-10-13(14)2/h1,8-10,12H,4-7,11H2,2H3. The van der Waals surface area contributed by atoms with Gasteiger partial charge >= 0.3 is 0 Å². The van der Waals surface area contributed by atoms with E-state index in [4.69, 9.17) is 6.42 Å². The molecule has 14 heavy (non-hydrogen) atoms. The summed E-state index contributed by atoms with van der Waals surface area (Å²) in [6.45, 7) is 2.18. The average molecular weight is 186 g/mol. The number of rotatable bonds is 5. The van der Waals surface area contributed by atoms with Crippen molar-refractivity contribution in [3.63, 3.8) is 0 Å². The van der Waals surface area contributed by atoms with Gasteiger partial charge in [-0.05, 0) is 37.3 Å². The van der Waals surface area contributed by atoms with Crippen LogP contribution in [0, 0.1) is 19.3 Å². The zero-order valence-electron chi connectivity index (χ0n) is 8.92. The Labute approximate surface area is 87.4 Å². The van der Waals surface area contributed by atoms with Crippen molar-refractivity contribution in [3.8, 4) is 12.3 Å². The molecule has 0 amide bonds. The van der Waals surface area contributed by atoms with Gasteiger partial charge in [0.2, 0.25) is 0 Å². The molecule has 0 heterocycles. The Morgan fingerprint density at radius 1 is 1.14 bits per heavy atom. The molecule has 0 aliphatic carbocycles. The first kappa shape index (κ1) is 10.9. The molecule has 1 rings (SSSR count). The van der Waals surface area contributed by atoms with Crippen molar-refractivity contribution < 1.29 is 0 Å². The molecule has 0 aliphatic rings. The maximum Gasteiger partial charge on any atom is 0.00860 e. The molecule has 0 nitrogen and oxygen atoms in total. The molecule has 0 spiro atoms. The number of aryl methyl sites for hydroxylation is 2. The predicted octanol–water partition coefficient (Wildman–Crippen LogP) is 3.73. The molecule has 1 aromatic rings. The summed E-state index contributed by atoms with van der Waals surface area (Å²) < 4.78 is 0. The highest BCUT2D eigenvalue weighted by molar-refractivity contribution is 5.25. The minimum atomic E-state index is 0.924. The van der Waals surface area contributed by atoms with Gasteiger partial charge in [-0.25, -0.2) is 0 Å². The minimum Gasteiger partial charge on any atom is -0.120 e. The summed E-state index contributed by atoms with van der Waals surface area (Å²) >= 11 is 0. The highest BCUT2D eigenvalue weighted by atomic mass is 14.0. The molecule has 1 aromatic carbocycles. The lowest BCUT2D eigenvalue weighted by Gasteiger charge is -2.04. The normalized spacial score (nSPS) is 9.71. The molecule has 0 atom stereocenters. The zero-order valence-corrected chi connectivity index (χ0v) is 8.92. The number of hydrogen-bond donors (Lipinski definition) is 0. The van der Waals surface area contributed by atoms with Gasteiger partial charge in [-0.2, -0.15) is 0 Å². The molecule has 0 unspecified atom stereocenters. The quantitative estimate of drug-likeness (QED) is 0.485. The average Bonchev–Trinajstić information content (AvgIpc) is 2.20. The van der Waals surface area contributed by atoms with Gasteiger partial charge in [-0.1, -0.05) is 30.7 Å². The Morgan fingerprint density at radius 2 is 1.93 bits per heavy atom. The highest BCUT2D eigenvalue weighted by Gasteiger charge is 1.96. The van der Waals surface area contributed by atoms with Crippen LogP contribution in [0.15, 0.2) is 24.3 Å². The Balaban J connectivity index is 2.25. The van der Waals surface area contributed by atoms with E-state index >= 15 is 0 Å². The molecule has 0 radical (unpaired) electrons. The summed E-state index contributed by atoms with van der Waals surface area (Å²) in [4.78, 5) is 0. The van der Waals surface area contributed by atoms with Crippen molar-refractivity contribution in [2.24, 2.45) is 0 Å². The predicted molar refractivity (Wildman–Crippen MR) is 62.2 cm³/mol. The first-order chi connectivity index (χ1) is 6.84. The lowest BCUT2D eigenvalue weighted by Crippen LogP contribution is -1.89. The van der Waals surface area contributed by atoms with E-state index in [2.05, 4.69) is 37.1 Å². The lowest BCUT2D eigenvalue weighted by molar-refractivity contribution is 0.691. The van der Waals surface area contributed by atoms with Crippen molar-refractivity contribution >= 4 is 0 Å². The molecular formula is C14H18. The molecule has 0 saturated heterocycles. The van der Waals surface area contributed by atoms with Crippen molar-refractivity contribution in [3.05, 3.63) is 35.4 Å². The van der Waals surface area contributed by atoms with Crippen LogP contribution in [0.4, 0.5) is 0 Å². The molecule has 0 N–H and O–H groups in total. The van der Waals surface area contributed by atoms with Gasteiger partial charge in [-0.15, -0.1) is 12.3 Å². The fourth-order valence-corrected chi connectivity index (χ4v) is 1.61. The topological polar surface area (TPSA) is 0 Å². The van der Waals surface area contributed by atoms with E-state index in [0.29, 0.717) is 0 Å². The van der Waals surface area contributed by atoms with Gasteiger partial charge in [0.25, 0.3) is 0 Å². The van der Waals surface area contributed by atoms with Crippen LogP contribution in [0.1, 0.15) is 36.8 Å². The summed E-state index contributed by atoms with van der Waals surface area (Å²) in [5, 5.41) is 0. The summed E-state index contributed by atoms with van der Waals surface area (Å²) in [6, 6.07) is 8.61. The van der Waals surface area contributed by atoms with Gasteiger partial charge in [0.1, 0.15) is 0 Å². The maximum atomic E-state index is 5.20. The third-order valence-electron chi connectivity index (χ3n) is 2.53. The van der Waals surface area contributed by atoms with Gasteiger partial charge in [0, 0.05) is 6.42 Å². The van der Waals surface area contributed by atoms with Crippen LogP contribution in [-0.2, 0) is 6.42 Å². The first-order valence-corrected chi connectivity index (χ1v) is 5.32. The van der Waals surface area contributed by atoms with Gasteiger partial charge in [0.05, 0.1) is 0 Å². The van der Waals surface area contributed by atoms with Gasteiger partial charge in [-0.3, -0.25) is 0 Å². The van der Waals surface area contributed by atoms with Crippen molar-refractivity contribution in [2.45, 2.75) is 39.0 Å². The SMILES string of the molecule is C#CCCCCCc1ccccc1C. The summed E-state index contributed by atoms with van der Waals surface area (Å²) in [5.41, 5.74) is 2.89. The molecular weight excluding hydrogens is 168 g/mol. The van der Waals surface area contributed by atoms with E-state index in [1.165, 1.54) is 36.8 Å². The molecule has 0 saturated carbocycles. The second kappa shape index (κ2) is 6.27. The number of benzene rings is 1. The maximum absolute atomic E-state index is 5.20. The number of hydrogen-bond acceptors (Lipinski definition) is 0. The van der Waals surface area contributed by atoms with Crippen LogP contribution >= 0.6 is 0 Å². The van der Waals surface area contributed by atoms with E-state index in [1.54, 1.807) is 0 Å². The Bertz CT molecular complexity index is 304. The Morgan fingerprint density at radius 3 is 2.64 bits per heavy atom. The number of unbranched alkanes of at least 4 members (excludes halogenated alkanes) is 3. The van der Waals surface area contributed by atoms with E-state index in [-0.39, 0.29) is 0 Å². The van der Waals surface area contributed by atoms with Crippen LogP contribution in [0.3, 0.4) is 0 Å². The Kier molecular flexibility index (Phi) is 4.86. The van der Waals surface area contributed by atoms with Gasteiger partial charge < -0.3 is 0 Å². The van der Waals surface area contributed by atoms with E-state index in [0.717, 1.165) is 6.42 Å². The van der Waals surface area contributed by atoms with Crippen LogP contribution in [-0.4, -0.2) is 0 Å². The van der Waals surface area contributed by atoms with Crippen LogP contribution < -0.4 is 0 Å². The fraction of sp³-hybridized carbons (Fsp3) is 0.429. The van der Waals surface area contributed by atoms with Gasteiger partial charge in [0.15, 0.2) is 0 Å². The van der Waals surface area contributed by atoms with Crippen LogP contribution in [0.2, 0.25) is 0 Å². The highest BCUT2D eigenvalue weighted by Crippen LogP contribution is 2.11. The summed E-state index contributed by atoms with van der Waals surface area (Å²) in [6.07, 6.45) is 11.0. The smallest absolute Gasteiger partial charge is 0.00860 e.